The fourth-order valence-corrected chi connectivity index (χ4v) is 2.65. The Balaban J connectivity index is 1.63. The van der Waals surface area contributed by atoms with E-state index in [1.165, 1.54) is 6.07 Å². The van der Waals surface area contributed by atoms with Crippen molar-refractivity contribution in [2.45, 2.75) is 13.3 Å². The molecule has 8 heteroatoms. The maximum Gasteiger partial charge on any atom is 0.229 e. The number of aromatic nitrogens is 2. The average Bonchev–Trinajstić information content (AvgIpc) is 2.65. The third kappa shape index (κ3) is 5.47. The molecule has 3 rings (SSSR count). The van der Waals surface area contributed by atoms with E-state index in [9.17, 15) is 13.6 Å². The molecule has 1 heterocycles. The fraction of sp³-hybridized carbons (Fsp3) is 0.190. The van der Waals surface area contributed by atoms with Crippen molar-refractivity contribution in [2.24, 2.45) is 0 Å². The largest absolute Gasteiger partial charge is 0.363 e. The smallest absolute Gasteiger partial charge is 0.229 e. The summed E-state index contributed by atoms with van der Waals surface area (Å²) < 4.78 is 26.6. The maximum atomic E-state index is 13.7. The van der Waals surface area contributed by atoms with Gasteiger partial charge < -0.3 is 15.5 Å². The van der Waals surface area contributed by atoms with Crippen LogP contribution in [-0.4, -0.2) is 30.0 Å². The van der Waals surface area contributed by atoms with Crippen LogP contribution in [0.2, 0.25) is 0 Å². The lowest BCUT2D eigenvalue weighted by Gasteiger charge is -2.14. The van der Waals surface area contributed by atoms with Gasteiger partial charge in [-0.3, -0.25) is 4.79 Å². The normalized spacial score (nSPS) is 10.5. The molecule has 0 aliphatic carbocycles. The molecule has 1 amide bonds. The van der Waals surface area contributed by atoms with E-state index in [-0.39, 0.29) is 12.0 Å². The minimum absolute atomic E-state index is 0.135. The molecule has 0 aliphatic heterocycles. The van der Waals surface area contributed by atoms with E-state index in [1.807, 2.05) is 32.0 Å². The van der Waals surface area contributed by atoms with Gasteiger partial charge in [0.1, 0.15) is 17.5 Å². The summed E-state index contributed by atoms with van der Waals surface area (Å²) >= 11 is 0. The van der Waals surface area contributed by atoms with Gasteiger partial charge >= 0.3 is 0 Å². The number of benzene rings is 2. The minimum Gasteiger partial charge on any atom is -0.363 e. The van der Waals surface area contributed by atoms with E-state index in [2.05, 4.69) is 20.6 Å². The summed E-state index contributed by atoms with van der Waals surface area (Å²) in [5.41, 5.74) is 2.28. The number of nitrogens with one attached hydrogen (secondary N) is 2. The SMILES string of the molecule is Cc1cc(N(C)C)nc(Nc2ccc(NC(=O)Cc3ccc(F)cc3F)cc2)n1. The van der Waals surface area contributed by atoms with Crippen molar-refractivity contribution in [3.63, 3.8) is 0 Å². The number of carbonyl (C=O) groups is 1. The van der Waals surface area contributed by atoms with Crippen LogP contribution in [-0.2, 0) is 11.2 Å². The molecule has 0 spiro atoms. The molecule has 0 bridgehead atoms. The second-order valence-electron chi connectivity index (χ2n) is 6.75. The van der Waals surface area contributed by atoms with Crippen LogP contribution in [0.1, 0.15) is 11.3 Å². The van der Waals surface area contributed by atoms with Crippen LogP contribution in [0.15, 0.2) is 48.5 Å². The van der Waals surface area contributed by atoms with Gasteiger partial charge in [0.15, 0.2) is 0 Å². The van der Waals surface area contributed by atoms with Crippen LogP contribution in [0, 0.1) is 18.6 Å². The maximum absolute atomic E-state index is 13.7. The number of carbonyl (C=O) groups excluding carboxylic acids is 1. The highest BCUT2D eigenvalue weighted by Crippen LogP contribution is 2.19. The molecule has 3 aromatic rings. The first-order valence-electron chi connectivity index (χ1n) is 8.94. The Kier molecular flexibility index (Phi) is 6.01. The number of amides is 1. The monoisotopic (exact) mass is 397 g/mol. The molecule has 0 saturated carbocycles. The van der Waals surface area contributed by atoms with Gasteiger partial charge in [0, 0.05) is 43.3 Å². The van der Waals surface area contributed by atoms with Crippen LogP contribution >= 0.6 is 0 Å². The van der Waals surface area contributed by atoms with Crippen molar-refractivity contribution in [1.29, 1.82) is 0 Å². The molecule has 2 N–H and O–H groups in total. The molecular formula is C21H21F2N5O. The molecule has 2 aromatic carbocycles. The van der Waals surface area contributed by atoms with Gasteiger partial charge in [-0.05, 0) is 42.8 Å². The molecular weight excluding hydrogens is 376 g/mol. The zero-order chi connectivity index (χ0) is 21.0. The van der Waals surface area contributed by atoms with Gasteiger partial charge in [0.25, 0.3) is 0 Å². The number of hydrogen-bond acceptors (Lipinski definition) is 5. The fourth-order valence-electron chi connectivity index (χ4n) is 2.65. The first kappa shape index (κ1) is 20.2. The van der Waals surface area contributed by atoms with Crippen LogP contribution in [0.4, 0.5) is 31.9 Å². The van der Waals surface area contributed by atoms with Crippen molar-refractivity contribution in [2.75, 3.05) is 29.6 Å². The number of hydrogen-bond donors (Lipinski definition) is 2. The molecule has 0 aliphatic rings. The molecule has 6 nitrogen and oxygen atoms in total. The molecule has 0 saturated heterocycles. The zero-order valence-corrected chi connectivity index (χ0v) is 16.3. The molecule has 0 radical (unpaired) electrons. The summed E-state index contributed by atoms with van der Waals surface area (Å²) in [6.45, 7) is 1.89. The van der Waals surface area contributed by atoms with Gasteiger partial charge in [0.05, 0.1) is 6.42 Å². The number of anilines is 4. The Morgan fingerprint density at radius 1 is 1.00 bits per heavy atom. The molecule has 1 aromatic heterocycles. The summed E-state index contributed by atoms with van der Waals surface area (Å²) in [5, 5.41) is 5.82. The summed E-state index contributed by atoms with van der Waals surface area (Å²) in [5.74, 6) is -0.553. The Hall–Kier alpha value is -3.55. The second-order valence-corrected chi connectivity index (χ2v) is 6.75. The van der Waals surface area contributed by atoms with E-state index in [0.29, 0.717) is 11.6 Å². The first-order chi connectivity index (χ1) is 13.8. The van der Waals surface area contributed by atoms with E-state index < -0.39 is 17.5 Å². The Morgan fingerprint density at radius 3 is 2.34 bits per heavy atom. The highest BCUT2D eigenvalue weighted by molar-refractivity contribution is 5.92. The topological polar surface area (TPSA) is 70.2 Å². The van der Waals surface area contributed by atoms with Crippen molar-refractivity contribution in [1.82, 2.24) is 9.97 Å². The summed E-state index contributed by atoms with van der Waals surface area (Å²) in [6.07, 6.45) is -0.184. The van der Waals surface area contributed by atoms with Gasteiger partial charge in [-0.25, -0.2) is 13.8 Å². The lowest BCUT2D eigenvalue weighted by Crippen LogP contribution is -2.15. The van der Waals surface area contributed by atoms with E-state index in [0.717, 1.165) is 29.3 Å². The molecule has 0 unspecified atom stereocenters. The number of aryl methyl sites for hydroxylation is 1. The van der Waals surface area contributed by atoms with Gasteiger partial charge in [-0.1, -0.05) is 6.07 Å². The Bertz CT molecular complexity index is 1020. The van der Waals surface area contributed by atoms with Crippen LogP contribution in [0.5, 0.6) is 0 Å². The second kappa shape index (κ2) is 8.64. The van der Waals surface area contributed by atoms with Gasteiger partial charge in [-0.15, -0.1) is 0 Å². The quantitative estimate of drug-likeness (QED) is 0.657. The van der Waals surface area contributed by atoms with Crippen molar-refractivity contribution >= 4 is 29.0 Å². The lowest BCUT2D eigenvalue weighted by molar-refractivity contribution is -0.115. The van der Waals surface area contributed by atoms with Gasteiger partial charge in [-0.2, -0.15) is 4.98 Å². The summed E-state index contributed by atoms with van der Waals surface area (Å²) in [7, 11) is 3.81. The summed E-state index contributed by atoms with van der Waals surface area (Å²) in [6, 6.07) is 12.0. The standard InChI is InChI=1S/C21H21F2N5O/c1-13-10-19(28(2)3)27-21(24-13)26-17-8-6-16(7-9-17)25-20(29)11-14-4-5-15(22)12-18(14)23/h4-10,12H,11H2,1-3H3,(H,25,29)(H,24,26,27). The van der Waals surface area contributed by atoms with Crippen LogP contribution in [0.3, 0.4) is 0 Å². The molecule has 29 heavy (non-hydrogen) atoms. The Labute approximate surface area is 167 Å². The van der Waals surface area contributed by atoms with Crippen LogP contribution < -0.4 is 15.5 Å². The predicted molar refractivity (Wildman–Crippen MR) is 110 cm³/mol. The van der Waals surface area contributed by atoms with Crippen molar-refractivity contribution in [3.05, 3.63) is 71.4 Å². The zero-order valence-electron chi connectivity index (χ0n) is 16.3. The van der Waals surface area contributed by atoms with E-state index >= 15 is 0 Å². The third-order valence-electron chi connectivity index (χ3n) is 4.09. The third-order valence-corrected chi connectivity index (χ3v) is 4.09. The van der Waals surface area contributed by atoms with Crippen molar-refractivity contribution in [3.8, 4) is 0 Å². The minimum atomic E-state index is -0.741. The molecule has 0 fully saturated rings. The highest BCUT2D eigenvalue weighted by Gasteiger charge is 2.10. The molecule has 150 valence electrons. The number of rotatable bonds is 6. The van der Waals surface area contributed by atoms with Crippen molar-refractivity contribution < 1.29 is 13.6 Å². The number of halogens is 2. The van der Waals surface area contributed by atoms with Gasteiger partial charge in [0.2, 0.25) is 11.9 Å². The van der Waals surface area contributed by atoms with E-state index in [1.54, 1.807) is 24.3 Å². The Morgan fingerprint density at radius 2 is 1.69 bits per heavy atom. The van der Waals surface area contributed by atoms with Crippen LogP contribution in [0.25, 0.3) is 0 Å². The highest BCUT2D eigenvalue weighted by atomic mass is 19.1. The number of nitrogens with zero attached hydrogens (tertiary/aromatic N) is 3. The summed E-state index contributed by atoms with van der Waals surface area (Å²) in [4.78, 5) is 22.8. The van der Waals surface area contributed by atoms with E-state index in [4.69, 9.17) is 0 Å². The first-order valence-corrected chi connectivity index (χ1v) is 8.94. The lowest BCUT2D eigenvalue weighted by atomic mass is 10.1. The molecule has 0 atom stereocenters. The average molecular weight is 397 g/mol. The predicted octanol–water partition coefficient (Wildman–Crippen LogP) is 4.05.